The second-order valence-electron chi connectivity index (χ2n) is 2.65. The molecule has 0 aromatic carbocycles. The maximum absolute atomic E-state index is 11.1. The summed E-state index contributed by atoms with van der Waals surface area (Å²) in [6.45, 7) is 5.19. The predicted molar refractivity (Wildman–Crippen MR) is 47.9 cm³/mol. The predicted octanol–water partition coefficient (Wildman–Crippen LogP) is -0.517. The van der Waals surface area contributed by atoms with E-state index in [2.05, 4.69) is 10.6 Å². The van der Waals surface area contributed by atoms with E-state index in [0.717, 1.165) is 0 Å². The van der Waals surface area contributed by atoms with E-state index in [9.17, 15) is 4.79 Å². The Hall–Kier alpha value is -0.610. The molecule has 0 aromatic rings. The van der Waals surface area contributed by atoms with Crippen molar-refractivity contribution < 1.29 is 9.90 Å². The van der Waals surface area contributed by atoms with Crippen molar-refractivity contribution in [3.8, 4) is 0 Å². The number of aliphatic hydroxyl groups excluding tert-OH is 1. The lowest BCUT2D eigenvalue weighted by atomic mass is 10.3. The molecule has 0 bridgehead atoms. The molecule has 0 aromatic heterocycles. The van der Waals surface area contributed by atoms with Crippen LogP contribution in [0.4, 0.5) is 0 Å². The topological polar surface area (TPSA) is 61.4 Å². The molecule has 3 N–H and O–H groups in total. The number of carbonyl (C=O) groups is 1. The van der Waals surface area contributed by atoms with Crippen LogP contribution >= 0.6 is 0 Å². The molecule has 12 heavy (non-hydrogen) atoms. The van der Waals surface area contributed by atoms with Gasteiger partial charge >= 0.3 is 0 Å². The van der Waals surface area contributed by atoms with Crippen molar-refractivity contribution >= 4 is 5.91 Å². The van der Waals surface area contributed by atoms with Crippen LogP contribution in [0.5, 0.6) is 0 Å². The van der Waals surface area contributed by atoms with E-state index in [1.165, 1.54) is 0 Å². The van der Waals surface area contributed by atoms with Gasteiger partial charge in [-0.1, -0.05) is 0 Å². The summed E-state index contributed by atoms with van der Waals surface area (Å²) in [6, 6.07) is -0.170. The number of aliphatic hydroxyl groups is 1. The molecular weight excluding hydrogens is 156 g/mol. The zero-order chi connectivity index (χ0) is 9.40. The van der Waals surface area contributed by atoms with E-state index in [4.69, 9.17) is 5.11 Å². The van der Waals surface area contributed by atoms with Gasteiger partial charge in [-0.25, -0.2) is 0 Å². The summed E-state index contributed by atoms with van der Waals surface area (Å²) in [4.78, 5) is 11.1. The molecular formula is C8H18N2O2. The molecule has 0 spiro atoms. The normalized spacial score (nSPS) is 12.6. The summed E-state index contributed by atoms with van der Waals surface area (Å²) in [6.07, 6.45) is 0.684. The zero-order valence-electron chi connectivity index (χ0n) is 7.76. The van der Waals surface area contributed by atoms with E-state index in [1.807, 2.05) is 13.8 Å². The fourth-order valence-corrected chi connectivity index (χ4v) is 0.818. The first-order chi connectivity index (χ1) is 5.72. The highest BCUT2D eigenvalue weighted by Gasteiger charge is 2.09. The summed E-state index contributed by atoms with van der Waals surface area (Å²) >= 11 is 0. The molecule has 4 heteroatoms. The lowest BCUT2D eigenvalue weighted by molar-refractivity contribution is -0.122. The monoisotopic (exact) mass is 174 g/mol. The maximum Gasteiger partial charge on any atom is 0.236 e. The van der Waals surface area contributed by atoms with Gasteiger partial charge in [0.25, 0.3) is 0 Å². The number of likely N-dealkylation sites (N-methyl/N-ethyl adjacent to an activating group) is 1. The first kappa shape index (κ1) is 11.4. The Morgan fingerprint density at radius 1 is 1.58 bits per heavy atom. The van der Waals surface area contributed by atoms with Crippen molar-refractivity contribution in [2.24, 2.45) is 0 Å². The summed E-state index contributed by atoms with van der Waals surface area (Å²) in [7, 11) is 0. The number of nitrogens with one attached hydrogen (secondary N) is 2. The molecule has 4 nitrogen and oxygen atoms in total. The number of hydrogen-bond donors (Lipinski definition) is 3. The summed E-state index contributed by atoms with van der Waals surface area (Å²) < 4.78 is 0. The molecule has 0 aliphatic heterocycles. The molecule has 1 atom stereocenters. The van der Waals surface area contributed by atoms with Gasteiger partial charge in [0.1, 0.15) is 0 Å². The highest BCUT2D eigenvalue weighted by Crippen LogP contribution is 1.82. The second-order valence-corrected chi connectivity index (χ2v) is 2.65. The van der Waals surface area contributed by atoms with Gasteiger partial charge < -0.3 is 15.7 Å². The van der Waals surface area contributed by atoms with Crippen LogP contribution in [-0.4, -0.2) is 36.8 Å². The summed E-state index contributed by atoms with van der Waals surface area (Å²) in [5.74, 6) is 0.00967. The molecule has 0 fully saturated rings. The average molecular weight is 174 g/mol. The van der Waals surface area contributed by atoms with E-state index in [1.54, 1.807) is 0 Å². The molecule has 0 heterocycles. The minimum atomic E-state index is -0.170. The van der Waals surface area contributed by atoms with Gasteiger partial charge in [0, 0.05) is 13.2 Å². The average Bonchev–Trinajstić information content (AvgIpc) is 2.05. The highest BCUT2D eigenvalue weighted by molar-refractivity contribution is 5.81. The third-order valence-corrected chi connectivity index (χ3v) is 1.53. The first-order valence-electron chi connectivity index (χ1n) is 4.34. The number of rotatable bonds is 6. The van der Waals surface area contributed by atoms with Crippen molar-refractivity contribution in [1.29, 1.82) is 0 Å². The van der Waals surface area contributed by atoms with Crippen LogP contribution in [0.3, 0.4) is 0 Å². The van der Waals surface area contributed by atoms with E-state index >= 15 is 0 Å². The number of amides is 1. The van der Waals surface area contributed by atoms with Crippen molar-refractivity contribution in [2.45, 2.75) is 26.3 Å². The standard InChI is InChI=1S/C8H18N2O2/c1-3-9-8(12)7(2)10-5-4-6-11/h7,10-11H,3-6H2,1-2H3,(H,9,12). The van der Waals surface area contributed by atoms with Crippen LogP contribution in [0.25, 0.3) is 0 Å². The molecule has 0 saturated carbocycles. The second kappa shape index (κ2) is 7.06. The Morgan fingerprint density at radius 2 is 2.25 bits per heavy atom. The quantitative estimate of drug-likeness (QED) is 0.475. The largest absolute Gasteiger partial charge is 0.396 e. The Balaban J connectivity index is 3.42. The highest BCUT2D eigenvalue weighted by atomic mass is 16.3. The lowest BCUT2D eigenvalue weighted by Crippen LogP contribution is -2.42. The SMILES string of the molecule is CCNC(=O)C(C)NCCCO. The van der Waals surface area contributed by atoms with E-state index in [0.29, 0.717) is 19.5 Å². The minimum absolute atomic E-state index is 0.00967. The van der Waals surface area contributed by atoms with Gasteiger partial charge in [-0.15, -0.1) is 0 Å². The fourth-order valence-electron chi connectivity index (χ4n) is 0.818. The molecule has 1 unspecified atom stereocenters. The molecule has 0 saturated heterocycles. The maximum atomic E-state index is 11.1. The molecule has 0 rings (SSSR count). The Labute approximate surface area is 73.3 Å². The Kier molecular flexibility index (Phi) is 6.70. The van der Waals surface area contributed by atoms with Crippen LogP contribution in [0, 0.1) is 0 Å². The Bertz CT molecular complexity index is 128. The summed E-state index contributed by atoms with van der Waals surface area (Å²) in [5, 5.41) is 14.2. The van der Waals surface area contributed by atoms with Crippen LogP contribution in [0.1, 0.15) is 20.3 Å². The zero-order valence-corrected chi connectivity index (χ0v) is 7.76. The van der Waals surface area contributed by atoms with E-state index < -0.39 is 0 Å². The van der Waals surface area contributed by atoms with Crippen LogP contribution in [0.15, 0.2) is 0 Å². The molecule has 0 aliphatic carbocycles. The van der Waals surface area contributed by atoms with Gasteiger partial charge in [0.15, 0.2) is 0 Å². The minimum Gasteiger partial charge on any atom is -0.396 e. The van der Waals surface area contributed by atoms with Crippen molar-refractivity contribution in [3.63, 3.8) is 0 Å². The van der Waals surface area contributed by atoms with Crippen LogP contribution in [-0.2, 0) is 4.79 Å². The first-order valence-corrected chi connectivity index (χ1v) is 4.34. The molecule has 0 radical (unpaired) electrons. The third kappa shape index (κ3) is 5.09. The van der Waals surface area contributed by atoms with Gasteiger partial charge in [0.05, 0.1) is 6.04 Å². The Morgan fingerprint density at radius 3 is 2.75 bits per heavy atom. The number of hydrogen-bond acceptors (Lipinski definition) is 3. The lowest BCUT2D eigenvalue weighted by Gasteiger charge is -2.12. The number of carbonyl (C=O) groups excluding carboxylic acids is 1. The van der Waals surface area contributed by atoms with Gasteiger partial charge in [-0.2, -0.15) is 0 Å². The molecule has 0 aliphatic rings. The third-order valence-electron chi connectivity index (χ3n) is 1.53. The van der Waals surface area contributed by atoms with Gasteiger partial charge in [0.2, 0.25) is 5.91 Å². The van der Waals surface area contributed by atoms with Crippen molar-refractivity contribution in [1.82, 2.24) is 10.6 Å². The molecule has 72 valence electrons. The van der Waals surface area contributed by atoms with Gasteiger partial charge in [-0.3, -0.25) is 4.79 Å². The van der Waals surface area contributed by atoms with Crippen LogP contribution in [0.2, 0.25) is 0 Å². The van der Waals surface area contributed by atoms with Crippen molar-refractivity contribution in [2.75, 3.05) is 19.7 Å². The fraction of sp³-hybridized carbons (Fsp3) is 0.875. The summed E-state index contributed by atoms with van der Waals surface area (Å²) in [5.41, 5.74) is 0. The van der Waals surface area contributed by atoms with E-state index in [-0.39, 0.29) is 18.6 Å². The smallest absolute Gasteiger partial charge is 0.236 e. The van der Waals surface area contributed by atoms with Crippen molar-refractivity contribution in [3.05, 3.63) is 0 Å². The molecule has 1 amide bonds. The van der Waals surface area contributed by atoms with Crippen LogP contribution < -0.4 is 10.6 Å². The van der Waals surface area contributed by atoms with Gasteiger partial charge in [-0.05, 0) is 26.8 Å².